The Labute approximate surface area is 192 Å². The summed E-state index contributed by atoms with van der Waals surface area (Å²) in [6.07, 6.45) is 1.06. The molecule has 2 amide bonds. The van der Waals surface area contributed by atoms with Gasteiger partial charge in [-0.2, -0.15) is 0 Å². The van der Waals surface area contributed by atoms with Crippen LogP contribution in [0.5, 0.6) is 0 Å². The van der Waals surface area contributed by atoms with Crippen molar-refractivity contribution in [3.05, 3.63) is 63.6 Å². The van der Waals surface area contributed by atoms with Gasteiger partial charge < -0.3 is 10.2 Å². The van der Waals surface area contributed by atoms with E-state index in [2.05, 4.69) is 21.2 Å². The van der Waals surface area contributed by atoms with Crippen LogP contribution in [0.2, 0.25) is 0 Å². The molecule has 2 rings (SSSR count). The zero-order valence-electron chi connectivity index (χ0n) is 18.3. The number of nitrogens with one attached hydrogen (secondary N) is 1. The zero-order valence-corrected chi connectivity index (χ0v) is 20.7. The quantitative estimate of drug-likeness (QED) is 0.592. The van der Waals surface area contributed by atoms with Gasteiger partial charge in [0.05, 0.1) is 11.9 Å². The number of hydrogen-bond donors (Lipinski definition) is 1. The summed E-state index contributed by atoms with van der Waals surface area (Å²) in [5, 5.41) is 2.56. The van der Waals surface area contributed by atoms with Crippen molar-refractivity contribution in [2.75, 3.05) is 24.2 Å². The molecule has 7 nitrogen and oxygen atoms in total. The van der Waals surface area contributed by atoms with E-state index in [0.29, 0.717) is 5.69 Å². The van der Waals surface area contributed by atoms with Crippen LogP contribution in [-0.2, 0) is 26.2 Å². The number of anilines is 1. The van der Waals surface area contributed by atoms with Gasteiger partial charge in [-0.05, 0) is 55.7 Å². The molecule has 0 saturated carbocycles. The second-order valence-electron chi connectivity index (χ2n) is 7.44. The average molecular weight is 510 g/mol. The number of sulfonamides is 1. The SMILES string of the molecule is CNC(=O)[C@H](C)N(Cc1ccccc1C)C(=O)CN(c1ccc(Br)c(C)c1)S(C)(=O)=O. The molecule has 0 saturated heterocycles. The first-order chi connectivity index (χ1) is 14.5. The minimum absolute atomic E-state index is 0.192. The third kappa shape index (κ3) is 6.30. The lowest BCUT2D eigenvalue weighted by molar-refractivity contribution is -0.139. The Bertz CT molecular complexity index is 1070. The minimum Gasteiger partial charge on any atom is -0.357 e. The Balaban J connectivity index is 2.42. The summed E-state index contributed by atoms with van der Waals surface area (Å²) < 4.78 is 26.9. The largest absolute Gasteiger partial charge is 0.357 e. The van der Waals surface area contributed by atoms with E-state index < -0.39 is 28.5 Å². The highest BCUT2D eigenvalue weighted by Gasteiger charge is 2.30. The molecular weight excluding hydrogens is 482 g/mol. The number of aryl methyl sites for hydroxylation is 2. The summed E-state index contributed by atoms with van der Waals surface area (Å²) in [5.74, 6) is -0.794. The number of benzene rings is 2. The Morgan fingerprint density at radius 2 is 1.74 bits per heavy atom. The Hall–Kier alpha value is -2.39. The minimum atomic E-state index is -3.74. The summed E-state index contributed by atoms with van der Waals surface area (Å²) in [4.78, 5) is 27.1. The smallest absolute Gasteiger partial charge is 0.244 e. The number of amides is 2. The molecule has 0 aliphatic rings. The van der Waals surface area contributed by atoms with Crippen molar-refractivity contribution in [3.63, 3.8) is 0 Å². The summed E-state index contributed by atoms with van der Waals surface area (Å²) in [6, 6.07) is 11.9. The lowest BCUT2D eigenvalue weighted by Gasteiger charge is -2.31. The molecule has 0 aliphatic heterocycles. The molecular formula is C22H28BrN3O4S. The molecule has 0 aliphatic carbocycles. The molecule has 2 aromatic rings. The number of carbonyl (C=O) groups is 2. The predicted octanol–water partition coefficient (Wildman–Crippen LogP) is 3.00. The van der Waals surface area contributed by atoms with E-state index >= 15 is 0 Å². The van der Waals surface area contributed by atoms with E-state index in [1.165, 1.54) is 11.9 Å². The monoisotopic (exact) mass is 509 g/mol. The Kier molecular flexibility index (Phi) is 8.25. The van der Waals surface area contributed by atoms with Gasteiger partial charge in [0.25, 0.3) is 0 Å². The number of nitrogens with zero attached hydrogens (tertiary/aromatic N) is 2. The molecule has 9 heteroatoms. The van der Waals surface area contributed by atoms with Crippen LogP contribution >= 0.6 is 15.9 Å². The topological polar surface area (TPSA) is 86.8 Å². The number of halogens is 1. The molecule has 0 fully saturated rings. The van der Waals surface area contributed by atoms with Gasteiger partial charge in [-0.3, -0.25) is 13.9 Å². The van der Waals surface area contributed by atoms with E-state index in [9.17, 15) is 18.0 Å². The second-order valence-corrected chi connectivity index (χ2v) is 10.2. The van der Waals surface area contributed by atoms with Crippen molar-refractivity contribution in [2.24, 2.45) is 0 Å². The summed E-state index contributed by atoms with van der Waals surface area (Å²) in [7, 11) is -2.24. The fraction of sp³-hybridized carbons (Fsp3) is 0.364. The van der Waals surface area contributed by atoms with Crippen LogP contribution in [0.25, 0.3) is 0 Å². The standard InChI is InChI=1S/C22H28BrN3O4S/c1-15-8-6-7-9-18(15)13-25(17(3)22(28)24-4)21(27)14-26(31(5,29)30)19-10-11-20(23)16(2)12-19/h6-12,17H,13-14H2,1-5H3,(H,24,28)/t17-/m0/s1. The van der Waals surface area contributed by atoms with Gasteiger partial charge in [0.15, 0.2) is 0 Å². The van der Waals surface area contributed by atoms with Gasteiger partial charge >= 0.3 is 0 Å². The molecule has 0 bridgehead atoms. The van der Waals surface area contributed by atoms with Crippen LogP contribution < -0.4 is 9.62 Å². The van der Waals surface area contributed by atoms with Crippen molar-refractivity contribution in [1.82, 2.24) is 10.2 Å². The van der Waals surface area contributed by atoms with Crippen LogP contribution in [-0.4, -0.2) is 51.0 Å². The number of carbonyl (C=O) groups excluding carboxylic acids is 2. The third-order valence-electron chi connectivity index (χ3n) is 5.12. The Morgan fingerprint density at radius 3 is 2.29 bits per heavy atom. The fourth-order valence-electron chi connectivity index (χ4n) is 3.16. The average Bonchev–Trinajstić information content (AvgIpc) is 2.71. The molecule has 1 N–H and O–H groups in total. The van der Waals surface area contributed by atoms with Crippen molar-refractivity contribution in [3.8, 4) is 0 Å². The van der Waals surface area contributed by atoms with Crippen molar-refractivity contribution in [1.29, 1.82) is 0 Å². The summed E-state index contributed by atoms with van der Waals surface area (Å²) in [6.45, 7) is 5.18. The molecule has 31 heavy (non-hydrogen) atoms. The maximum atomic E-state index is 13.3. The first-order valence-electron chi connectivity index (χ1n) is 9.75. The Morgan fingerprint density at radius 1 is 1.10 bits per heavy atom. The lowest BCUT2D eigenvalue weighted by atomic mass is 10.1. The molecule has 0 radical (unpaired) electrons. The molecule has 2 aromatic carbocycles. The highest BCUT2D eigenvalue weighted by Crippen LogP contribution is 2.25. The zero-order chi connectivity index (χ0) is 23.3. The number of hydrogen-bond acceptors (Lipinski definition) is 4. The van der Waals surface area contributed by atoms with E-state index in [0.717, 1.165) is 31.7 Å². The molecule has 0 unspecified atom stereocenters. The molecule has 0 heterocycles. The fourth-order valence-corrected chi connectivity index (χ4v) is 4.25. The van der Waals surface area contributed by atoms with Crippen molar-refractivity contribution < 1.29 is 18.0 Å². The van der Waals surface area contributed by atoms with Crippen LogP contribution in [0.3, 0.4) is 0 Å². The van der Waals surface area contributed by atoms with E-state index in [1.54, 1.807) is 25.1 Å². The number of rotatable bonds is 8. The van der Waals surface area contributed by atoms with Gasteiger partial charge in [0.2, 0.25) is 21.8 Å². The molecule has 1 atom stereocenters. The summed E-state index contributed by atoms with van der Waals surface area (Å²) >= 11 is 3.40. The van der Waals surface area contributed by atoms with Gasteiger partial charge in [-0.25, -0.2) is 8.42 Å². The molecule has 0 aromatic heterocycles. The summed E-state index contributed by atoms with van der Waals surface area (Å²) in [5.41, 5.74) is 3.10. The highest BCUT2D eigenvalue weighted by molar-refractivity contribution is 9.10. The van der Waals surface area contributed by atoms with Crippen LogP contribution in [0.15, 0.2) is 46.9 Å². The lowest BCUT2D eigenvalue weighted by Crippen LogP contribution is -2.50. The maximum Gasteiger partial charge on any atom is 0.244 e. The first-order valence-corrected chi connectivity index (χ1v) is 12.4. The predicted molar refractivity (Wildman–Crippen MR) is 126 cm³/mol. The van der Waals surface area contributed by atoms with Crippen LogP contribution in [0.1, 0.15) is 23.6 Å². The highest BCUT2D eigenvalue weighted by atomic mass is 79.9. The van der Waals surface area contributed by atoms with Gasteiger partial charge in [-0.15, -0.1) is 0 Å². The van der Waals surface area contributed by atoms with Crippen LogP contribution in [0.4, 0.5) is 5.69 Å². The van der Waals surface area contributed by atoms with Gasteiger partial charge in [0.1, 0.15) is 12.6 Å². The molecule has 168 valence electrons. The van der Waals surface area contributed by atoms with Crippen LogP contribution in [0, 0.1) is 13.8 Å². The van der Waals surface area contributed by atoms with E-state index in [1.807, 2.05) is 38.1 Å². The normalized spacial score (nSPS) is 12.2. The second kappa shape index (κ2) is 10.3. The van der Waals surface area contributed by atoms with E-state index in [-0.39, 0.29) is 12.5 Å². The molecule has 0 spiro atoms. The van der Waals surface area contributed by atoms with Crippen molar-refractivity contribution >= 4 is 43.5 Å². The first kappa shape index (κ1) is 24.9. The maximum absolute atomic E-state index is 13.3. The van der Waals surface area contributed by atoms with E-state index in [4.69, 9.17) is 0 Å². The van der Waals surface area contributed by atoms with Crippen molar-refractivity contribution in [2.45, 2.75) is 33.4 Å². The third-order valence-corrected chi connectivity index (χ3v) is 7.15. The number of likely N-dealkylation sites (N-methyl/N-ethyl adjacent to an activating group) is 1. The van der Waals surface area contributed by atoms with Gasteiger partial charge in [0, 0.05) is 18.1 Å². The van der Waals surface area contributed by atoms with Gasteiger partial charge in [-0.1, -0.05) is 40.2 Å².